The van der Waals surface area contributed by atoms with Crippen molar-refractivity contribution >= 4 is 5.57 Å². The fraction of sp³-hybridized carbons (Fsp3) is 0.500. The Kier molecular flexibility index (Phi) is 13.7. The Morgan fingerprint density at radius 1 is 0.833 bits per heavy atom. The quantitative estimate of drug-likeness (QED) is 0.113. The molecule has 4 nitrogen and oxygen atoms in total. The van der Waals surface area contributed by atoms with Gasteiger partial charge in [0, 0.05) is 11.5 Å². The predicted molar refractivity (Wildman–Crippen MR) is 203 cm³/mol. The fourth-order valence-electron chi connectivity index (χ4n) is 7.28. The predicted octanol–water partition coefficient (Wildman–Crippen LogP) is 12.1. The Hall–Kier alpha value is -3.66. The van der Waals surface area contributed by atoms with Gasteiger partial charge in [-0.3, -0.25) is 0 Å². The van der Waals surface area contributed by atoms with Gasteiger partial charge >= 0.3 is 0 Å². The van der Waals surface area contributed by atoms with E-state index in [1.165, 1.54) is 5.57 Å². The average molecular weight is 653 g/mol. The van der Waals surface area contributed by atoms with Crippen LogP contribution in [0.25, 0.3) is 16.7 Å². The number of ether oxygens (including phenoxy) is 2. The molecular formula is C44H60O4. The molecule has 4 rings (SSSR count). The number of hydrogen-bond acceptors (Lipinski definition) is 4. The third-order valence-corrected chi connectivity index (χ3v) is 9.95. The van der Waals surface area contributed by atoms with Crippen LogP contribution in [0.4, 0.5) is 0 Å². The number of phenols is 2. The highest BCUT2D eigenvalue weighted by atomic mass is 16.5. The van der Waals surface area contributed by atoms with Crippen molar-refractivity contribution in [2.45, 2.75) is 119 Å². The van der Waals surface area contributed by atoms with Crippen molar-refractivity contribution in [3.8, 4) is 34.1 Å². The van der Waals surface area contributed by atoms with Crippen molar-refractivity contribution < 1.29 is 19.7 Å². The number of aromatic hydroxyl groups is 2. The van der Waals surface area contributed by atoms with Gasteiger partial charge in [-0.15, -0.1) is 0 Å². The molecule has 0 aliphatic heterocycles. The summed E-state index contributed by atoms with van der Waals surface area (Å²) in [6.45, 7) is 20.1. The minimum atomic E-state index is 0.101. The fourth-order valence-corrected chi connectivity index (χ4v) is 7.28. The minimum absolute atomic E-state index is 0.101. The van der Waals surface area contributed by atoms with Gasteiger partial charge in [0.15, 0.2) is 0 Å². The summed E-state index contributed by atoms with van der Waals surface area (Å²) >= 11 is 0. The molecule has 4 heteroatoms. The summed E-state index contributed by atoms with van der Waals surface area (Å²) in [5.74, 6) is 2.98. The van der Waals surface area contributed by atoms with E-state index in [0.717, 1.165) is 109 Å². The molecule has 1 aliphatic carbocycles. The van der Waals surface area contributed by atoms with E-state index in [-0.39, 0.29) is 11.7 Å². The second-order valence-electron chi connectivity index (χ2n) is 14.4. The maximum atomic E-state index is 11.5. The van der Waals surface area contributed by atoms with Crippen LogP contribution in [-0.4, -0.2) is 23.4 Å². The molecule has 1 aliphatic rings. The molecule has 0 saturated carbocycles. The zero-order valence-corrected chi connectivity index (χ0v) is 30.8. The number of rotatable bonds is 17. The van der Waals surface area contributed by atoms with Gasteiger partial charge in [-0.05, 0) is 118 Å². The molecule has 3 aromatic rings. The summed E-state index contributed by atoms with van der Waals surface area (Å²) in [7, 11) is 0. The summed E-state index contributed by atoms with van der Waals surface area (Å²) < 4.78 is 13.1. The first kappa shape index (κ1) is 37.2. The molecule has 0 spiro atoms. The van der Waals surface area contributed by atoms with E-state index in [0.29, 0.717) is 42.1 Å². The number of benzene rings is 3. The van der Waals surface area contributed by atoms with Crippen LogP contribution in [0.1, 0.15) is 127 Å². The molecule has 2 N–H and O–H groups in total. The molecule has 0 bridgehead atoms. The van der Waals surface area contributed by atoms with Gasteiger partial charge in [0.1, 0.15) is 36.2 Å². The number of allylic oxidation sites excluding steroid dienone is 3. The lowest BCUT2D eigenvalue weighted by atomic mass is 9.71. The Bertz CT molecular complexity index is 1560. The first-order chi connectivity index (χ1) is 23.0. The van der Waals surface area contributed by atoms with Gasteiger partial charge in [0.2, 0.25) is 0 Å². The van der Waals surface area contributed by atoms with Gasteiger partial charge < -0.3 is 19.7 Å². The third kappa shape index (κ3) is 9.49. The second-order valence-corrected chi connectivity index (χ2v) is 14.4. The molecule has 0 radical (unpaired) electrons. The lowest BCUT2D eigenvalue weighted by Gasteiger charge is -2.34. The van der Waals surface area contributed by atoms with Crippen molar-refractivity contribution in [1.82, 2.24) is 0 Å². The first-order valence-electron chi connectivity index (χ1n) is 18.4. The van der Waals surface area contributed by atoms with Gasteiger partial charge in [0.25, 0.3) is 0 Å². The van der Waals surface area contributed by atoms with E-state index in [1.807, 2.05) is 19.1 Å². The smallest absolute Gasteiger partial charge is 0.131 e. The molecule has 260 valence electrons. The SMILES string of the molecule is C=C(C)c1ccc(C)cc1-c1c(O)cc(CCCCC)cc1OCCOc1cc(CCCCC)cc(O)c1[C@@H]1C=C(C)CC[C@H]1C(C)C. The normalized spacial score (nSPS) is 16.2. The van der Waals surface area contributed by atoms with Gasteiger partial charge in [-0.1, -0.05) is 101 Å². The second kappa shape index (κ2) is 17.7. The molecule has 0 aromatic heterocycles. The van der Waals surface area contributed by atoms with Crippen molar-refractivity contribution in [3.63, 3.8) is 0 Å². The van der Waals surface area contributed by atoms with E-state index in [2.05, 4.69) is 84.5 Å². The topological polar surface area (TPSA) is 58.9 Å². The summed E-state index contributed by atoms with van der Waals surface area (Å²) in [5, 5.41) is 23.0. The standard InChI is InChI=1S/C44H60O4/c1-9-11-13-15-33-25-39(45)43(37-23-31(7)17-19-35(37)29(3)4)41(27-33)47-21-22-48-42-28-34(16-14-12-10-2)26-40(46)44(42)38-24-32(8)18-20-36(38)30(5)6/h17,19,23-28,30,36,38,45-46H,3,9-16,18,20-22H2,1-2,4-8H3/t36-,38+/m0/s1. The Morgan fingerprint density at radius 2 is 1.44 bits per heavy atom. The van der Waals surface area contributed by atoms with Crippen LogP contribution in [0, 0.1) is 18.8 Å². The van der Waals surface area contributed by atoms with E-state index in [4.69, 9.17) is 9.47 Å². The minimum Gasteiger partial charge on any atom is -0.507 e. The van der Waals surface area contributed by atoms with E-state index < -0.39 is 0 Å². The van der Waals surface area contributed by atoms with Crippen LogP contribution in [0.3, 0.4) is 0 Å². The highest BCUT2D eigenvalue weighted by Crippen LogP contribution is 2.48. The molecular weight excluding hydrogens is 592 g/mol. The van der Waals surface area contributed by atoms with E-state index in [1.54, 1.807) is 0 Å². The van der Waals surface area contributed by atoms with Crippen molar-refractivity contribution in [1.29, 1.82) is 0 Å². The molecule has 0 unspecified atom stereocenters. The molecule has 2 atom stereocenters. The highest BCUT2D eigenvalue weighted by Gasteiger charge is 2.32. The third-order valence-electron chi connectivity index (χ3n) is 9.95. The Morgan fingerprint density at radius 3 is 2.04 bits per heavy atom. The van der Waals surface area contributed by atoms with Gasteiger partial charge in [-0.2, -0.15) is 0 Å². The van der Waals surface area contributed by atoms with Gasteiger partial charge in [0.05, 0.1) is 5.56 Å². The van der Waals surface area contributed by atoms with Crippen LogP contribution in [0.5, 0.6) is 23.0 Å². The first-order valence-corrected chi connectivity index (χ1v) is 18.4. The molecule has 0 amide bonds. The largest absolute Gasteiger partial charge is 0.507 e. The average Bonchev–Trinajstić information content (AvgIpc) is 3.02. The molecule has 3 aromatic carbocycles. The molecule has 48 heavy (non-hydrogen) atoms. The van der Waals surface area contributed by atoms with Crippen molar-refractivity contribution in [2.75, 3.05) is 13.2 Å². The van der Waals surface area contributed by atoms with Gasteiger partial charge in [-0.25, -0.2) is 0 Å². The monoisotopic (exact) mass is 652 g/mol. The number of phenolic OH excluding ortho intramolecular Hbond substituents is 2. The number of unbranched alkanes of at least 4 members (excludes halogenated alkanes) is 4. The summed E-state index contributed by atoms with van der Waals surface area (Å²) in [5.41, 5.74) is 9.08. The number of hydrogen-bond donors (Lipinski definition) is 2. The zero-order valence-electron chi connectivity index (χ0n) is 30.8. The van der Waals surface area contributed by atoms with Crippen molar-refractivity contribution in [2.24, 2.45) is 11.8 Å². The van der Waals surface area contributed by atoms with Crippen LogP contribution in [-0.2, 0) is 12.8 Å². The molecule has 0 saturated heterocycles. The zero-order chi connectivity index (χ0) is 34.8. The summed E-state index contributed by atoms with van der Waals surface area (Å²) in [4.78, 5) is 0. The van der Waals surface area contributed by atoms with E-state index in [9.17, 15) is 10.2 Å². The summed E-state index contributed by atoms with van der Waals surface area (Å²) in [6, 6.07) is 14.3. The van der Waals surface area contributed by atoms with Crippen LogP contribution < -0.4 is 9.47 Å². The Labute approximate surface area is 290 Å². The molecule has 0 fully saturated rings. The Balaban J connectivity index is 1.66. The molecule has 0 heterocycles. The highest BCUT2D eigenvalue weighted by molar-refractivity contribution is 5.86. The van der Waals surface area contributed by atoms with Crippen LogP contribution in [0.15, 0.2) is 60.7 Å². The number of aryl methyl sites for hydroxylation is 3. The van der Waals surface area contributed by atoms with Crippen LogP contribution >= 0.6 is 0 Å². The van der Waals surface area contributed by atoms with Crippen LogP contribution in [0.2, 0.25) is 0 Å². The van der Waals surface area contributed by atoms with E-state index >= 15 is 0 Å². The lowest BCUT2D eigenvalue weighted by Crippen LogP contribution is -2.22. The maximum absolute atomic E-state index is 11.5. The lowest BCUT2D eigenvalue weighted by molar-refractivity contribution is 0.212. The summed E-state index contributed by atoms with van der Waals surface area (Å²) in [6.07, 6.45) is 13.1. The van der Waals surface area contributed by atoms with Crippen molar-refractivity contribution in [3.05, 3.63) is 88.5 Å². The maximum Gasteiger partial charge on any atom is 0.131 e.